The number of carbonyl (C=O) groups excluding carboxylic acids is 12. The SMILES string of the molecule is C.C.C.C.C.C.C.C#CC(=O)C(C)C.C#CC(C)C.C/C=C/C(=O)C(C)C.C=C(C)C(=O)C(C)C.C=CC(=O)C(C)C.CC#CC(=O)C(C)C.CC(C)=CC(=O)C(C)C.CC(C)C(=O)/C=C/C(C)(F)C(F)(F)F.CC(C)C(=O)/C=C/CN(C)C.CC(C)C(=O)C(C)(C)CCl.CC(C)C(=O)C(C)C.CC(C)C(=O)C1=CCCC1.CCC(=O)C(C)C. The molecule has 0 aromatic heterocycles. The Bertz CT molecular complexity index is 3020. The summed E-state index contributed by atoms with van der Waals surface area (Å²) in [6.45, 7) is 75.2. The lowest BCUT2D eigenvalue weighted by Gasteiger charge is -2.21. The van der Waals surface area contributed by atoms with E-state index in [1.165, 1.54) is 26.3 Å². The van der Waals surface area contributed by atoms with Crippen LogP contribution in [0.25, 0.3) is 0 Å². The van der Waals surface area contributed by atoms with Crippen molar-refractivity contribution in [1.29, 1.82) is 0 Å². The summed E-state index contributed by atoms with van der Waals surface area (Å²) in [7, 11) is 3.95. The van der Waals surface area contributed by atoms with Crippen LogP contribution in [-0.4, -0.2) is 113 Å². The minimum atomic E-state index is -4.99. The van der Waals surface area contributed by atoms with Gasteiger partial charge in [-0.3, -0.25) is 57.5 Å². The van der Waals surface area contributed by atoms with E-state index >= 15 is 0 Å². The molecule has 0 radical (unpaired) electrons. The van der Waals surface area contributed by atoms with Crippen LogP contribution < -0.4 is 0 Å². The molecule has 0 aromatic carbocycles. The van der Waals surface area contributed by atoms with E-state index in [4.69, 9.17) is 24.4 Å². The Kier molecular flexibility index (Phi) is 125. The number of rotatable bonds is 26. The maximum absolute atomic E-state index is 12.9. The van der Waals surface area contributed by atoms with Gasteiger partial charge in [0.1, 0.15) is 17.3 Å². The topological polar surface area (TPSA) is 208 Å². The molecule has 1 aliphatic carbocycles. The summed E-state index contributed by atoms with van der Waals surface area (Å²) in [6.07, 6.45) is 21.6. The molecule has 0 heterocycles. The summed E-state index contributed by atoms with van der Waals surface area (Å²) < 4.78 is 48.7. The molecule has 0 saturated heterocycles. The van der Waals surface area contributed by atoms with E-state index in [0.29, 0.717) is 54.1 Å². The fourth-order valence-corrected chi connectivity index (χ4v) is 6.39. The number of alkyl halides is 5. The van der Waals surface area contributed by atoms with E-state index in [9.17, 15) is 75.1 Å². The highest BCUT2D eigenvalue weighted by Crippen LogP contribution is 2.34. The molecule has 119 heavy (non-hydrogen) atoms. The van der Waals surface area contributed by atoms with Gasteiger partial charge in [-0.2, -0.15) is 13.2 Å². The van der Waals surface area contributed by atoms with Gasteiger partial charge in [-0.25, -0.2) is 4.39 Å². The lowest BCUT2D eigenvalue weighted by molar-refractivity contribution is -0.205. The number of ketones is 12. The van der Waals surface area contributed by atoms with Gasteiger partial charge in [0.25, 0.3) is 0 Å². The van der Waals surface area contributed by atoms with Gasteiger partial charge in [0.2, 0.25) is 17.2 Å². The molecule has 0 aromatic rings. The molecule has 0 bridgehead atoms. The quantitative estimate of drug-likeness (QED) is 0.0260. The van der Waals surface area contributed by atoms with Crippen molar-refractivity contribution in [1.82, 2.24) is 4.90 Å². The van der Waals surface area contributed by atoms with Crippen molar-refractivity contribution in [3.05, 3.63) is 84.6 Å². The monoisotopic (exact) mass is 1720 g/mol. The second-order valence-electron chi connectivity index (χ2n) is 31.8. The van der Waals surface area contributed by atoms with Crippen LogP contribution in [0.2, 0.25) is 0 Å². The third kappa shape index (κ3) is 113. The second kappa shape index (κ2) is 93.1. The average Bonchev–Trinajstić information content (AvgIpc) is 1.41. The van der Waals surface area contributed by atoms with Crippen LogP contribution in [-0.2, 0) is 57.5 Å². The number of hydrogen-bond donors (Lipinski definition) is 0. The third-order valence-corrected chi connectivity index (χ3v) is 14.6. The zero-order chi connectivity index (χ0) is 92.3. The van der Waals surface area contributed by atoms with Crippen molar-refractivity contribution in [3.8, 4) is 36.5 Å². The molecule has 18 heteroatoms. The minimum absolute atomic E-state index is 0. The first-order valence-corrected chi connectivity index (χ1v) is 39.5. The molecular formula is C101H186ClF4NO12. The Balaban J connectivity index is -0.0000000536. The van der Waals surface area contributed by atoms with Crippen LogP contribution in [0.3, 0.4) is 0 Å². The van der Waals surface area contributed by atoms with Crippen LogP contribution in [0.15, 0.2) is 84.6 Å². The van der Waals surface area contributed by atoms with Gasteiger partial charge >= 0.3 is 6.18 Å². The van der Waals surface area contributed by atoms with Gasteiger partial charge in [-0.1, -0.05) is 310 Å². The van der Waals surface area contributed by atoms with Crippen molar-refractivity contribution < 1.29 is 75.1 Å². The van der Waals surface area contributed by atoms with Gasteiger partial charge in [-0.15, -0.1) is 30.4 Å². The van der Waals surface area contributed by atoms with Gasteiger partial charge in [-0.05, 0) is 134 Å². The van der Waals surface area contributed by atoms with Gasteiger partial charge in [0, 0.05) is 107 Å². The number of Topliss-reactive ketones (excluding diaryl/α,β-unsaturated/α-hetero) is 7. The zero-order valence-corrected chi connectivity index (χ0v) is 78.1. The summed E-state index contributed by atoms with van der Waals surface area (Å²) in [5.41, 5.74) is -1.00. The summed E-state index contributed by atoms with van der Waals surface area (Å²) in [6, 6.07) is 0. The number of likely N-dealkylation sites (N-methyl/N-ethyl adjacent to an activating group) is 1. The fraction of sp³-hybridized carbons (Fsp3) is 0.683. The zero-order valence-electron chi connectivity index (χ0n) is 77.3. The van der Waals surface area contributed by atoms with Crippen molar-refractivity contribution in [2.75, 3.05) is 26.5 Å². The lowest BCUT2D eigenvalue weighted by atomic mass is 9.84. The predicted molar refractivity (Wildman–Crippen MR) is 514 cm³/mol. The highest BCUT2D eigenvalue weighted by molar-refractivity contribution is 6.20. The molecule has 702 valence electrons. The third-order valence-electron chi connectivity index (χ3n) is 13.9. The number of hydrogen-bond acceptors (Lipinski definition) is 13. The molecule has 1 atom stereocenters. The fourth-order valence-electron chi connectivity index (χ4n) is 6.26. The number of allylic oxidation sites excluding steroid dienone is 11. The largest absolute Gasteiger partial charge is 0.425 e. The highest BCUT2D eigenvalue weighted by atomic mass is 35.5. The number of terminal acetylenes is 2. The Labute approximate surface area is 738 Å². The molecule has 0 amide bonds. The Morgan fingerprint density at radius 2 is 0.891 bits per heavy atom. The maximum Gasteiger partial charge on any atom is 0.425 e. The maximum atomic E-state index is 12.9. The summed E-state index contributed by atoms with van der Waals surface area (Å²) in [5.74, 6) is 13.1. The number of halogens is 5. The van der Waals surface area contributed by atoms with Gasteiger partial charge in [0.15, 0.2) is 40.5 Å². The van der Waals surface area contributed by atoms with Crippen LogP contribution in [0.5, 0.6) is 0 Å². The van der Waals surface area contributed by atoms with Crippen LogP contribution in [0.4, 0.5) is 17.6 Å². The van der Waals surface area contributed by atoms with Gasteiger partial charge in [0.05, 0.1) is 0 Å². The first-order chi connectivity index (χ1) is 50.6. The Morgan fingerprint density at radius 3 is 1.03 bits per heavy atom. The molecule has 13 nitrogen and oxygen atoms in total. The lowest BCUT2D eigenvalue weighted by Crippen LogP contribution is -2.35. The number of nitrogens with zero attached hydrogens (tertiary/aromatic N) is 1. The summed E-state index contributed by atoms with van der Waals surface area (Å²) >= 11 is 5.61. The predicted octanol–water partition coefficient (Wildman–Crippen LogP) is 27.6. The second-order valence-corrected chi connectivity index (χ2v) is 32.1. The van der Waals surface area contributed by atoms with Gasteiger partial charge < -0.3 is 4.90 Å². The van der Waals surface area contributed by atoms with Crippen molar-refractivity contribution in [2.45, 2.75) is 346 Å². The minimum Gasteiger partial charge on any atom is -0.306 e. The van der Waals surface area contributed by atoms with Crippen LogP contribution in [0, 0.1) is 125 Å². The van der Waals surface area contributed by atoms with Crippen molar-refractivity contribution in [2.24, 2.45) is 88.3 Å². The van der Waals surface area contributed by atoms with E-state index in [2.05, 4.69) is 37.0 Å². The average molecular weight is 1720 g/mol. The van der Waals surface area contributed by atoms with Crippen molar-refractivity contribution in [3.63, 3.8) is 0 Å². The van der Waals surface area contributed by atoms with Crippen molar-refractivity contribution >= 4 is 81.0 Å². The first-order valence-electron chi connectivity index (χ1n) is 39.0. The van der Waals surface area contributed by atoms with Crippen LogP contribution >= 0.6 is 11.6 Å². The summed E-state index contributed by atoms with van der Waals surface area (Å²) in [5, 5.41) is 0. The molecule has 0 spiro atoms. The Morgan fingerprint density at radius 1 is 0.529 bits per heavy atom. The smallest absolute Gasteiger partial charge is 0.306 e. The molecule has 0 aliphatic heterocycles. The Hall–Kier alpha value is -7.13. The summed E-state index contributed by atoms with van der Waals surface area (Å²) in [4.78, 5) is 131. The first kappa shape index (κ1) is 159. The molecule has 1 unspecified atom stereocenters. The molecular weight excluding hydrogens is 1530 g/mol. The van der Waals surface area contributed by atoms with Crippen LogP contribution in [0.1, 0.15) is 334 Å². The van der Waals surface area contributed by atoms with E-state index < -0.39 is 23.5 Å². The highest BCUT2D eigenvalue weighted by Gasteiger charge is 2.50. The molecule has 0 fully saturated rings. The molecule has 1 aliphatic rings. The number of carbonyl (C=O) groups is 12. The molecule has 0 N–H and O–H groups in total. The molecule has 0 saturated carbocycles. The standard InChI is InChI=1S/C9H12F4O.C9H17NO.C9H14O.C8H15ClO.C8H14O.C7H14O.2C7H12O.C7H10O.C6H12O.C6H10O.C6H8O.C5H8.7CH4/c1-6(2)7(14)4-5-8(3,10)9(11,12)13;1-8(2)9(11)6-5-7-10(3)4;1-7(2)9(10)8-5-3-4-6-8;1-6(2)7(10)8(3,4)5-9;1-6(2)5-8(9)7(3)4;2*1-5(2)7(8)6(3)4;2*1-4-5-7(8)6(2)3;3*1-4-6(7)5(2)3;1-4-5(2)3;;;;;;;/h4-6H,1-3H3;5-6,8H,7H2,1-4H3;5,7H,3-4,6H2,1-2H3;6H,5H2,1-4H3;5,7H,1-4H3;5-6H,1-4H3;6H,1H2,2-4H3;4-6H,1-3H3;6H,1-3H3;5H,4H2,1-3H3;4-5H,1H2,2-3H3;1,5H,2-3H3;1,5H,2-3H3;7*1H4/b5-4+;6-5+;;;;;;5-4+;;;;;;;;;;;;. The molecule has 1 rings (SSSR count). The van der Waals surface area contributed by atoms with E-state index in [0.717, 1.165) is 30.5 Å². The normalized spacial score (nSPS) is 10.9. The van der Waals surface area contributed by atoms with E-state index in [1.807, 2.05) is 239 Å². The van der Waals surface area contributed by atoms with E-state index in [-0.39, 0.29) is 181 Å². The van der Waals surface area contributed by atoms with E-state index in [1.54, 1.807) is 52.0 Å².